The molecule has 0 aliphatic heterocycles. The van der Waals surface area contributed by atoms with Gasteiger partial charge in [-0.15, -0.1) is 0 Å². The largest absolute Gasteiger partial charge is 0.192 e. The van der Waals surface area contributed by atoms with Gasteiger partial charge in [0.05, 0.1) is 5.56 Å². The van der Waals surface area contributed by atoms with Crippen molar-refractivity contribution in [1.82, 2.24) is 0 Å². The summed E-state index contributed by atoms with van der Waals surface area (Å²) in [5.74, 6) is 0.541. The molecule has 0 N–H and O–H groups in total. The second-order valence-corrected chi connectivity index (χ2v) is 6.52. The molecule has 0 aliphatic rings. The highest BCUT2D eigenvalue weighted by atomic mass is 79.9. The van der Waals surface area contributed by atoms with E-state index in [1.807, 2.05) is 18.2 Å². The van der Waals surface area contributed by atoms with Gasteiger partial charge in [0.25, 0.3) is 0 Å². The van der Waals surface area contributed by atoms with E-state index in [4.69, 9.17) is 0 Å². The summed E-state index contributed by atoms with van der Waals surface area (Å²) >= 11 is 5.04. The average molecular weight is 332 g/mol. The first-order chi connectivity index (χ1) is 9.11. The van der Waals surface area contributed by atoms with Gasteiger partial charge in [-0.2, -0.15) is 5.26 Å². The van der Waals surface area contributed by atoms with E-state index in [-0.39, 0.29) is 0 Å². The van der Waals surface area contributed by atoms with Crippen LogP contribution in [0.15, 0.2) is 56.7 Å². The minimum Gasteiger partial charge on any atom is -0.192 e. The molecule has 2 aromatic rings. The first-order valence-corrected chi connectivity index (χ1v) is 7.69. The molecule has 1 nitrogen and oxygen atoms in total. The highest BCUT2D eigenvalue weighted by molar-refractivity contribution is 9.10. The number of halogens is 1. The Morgan fingerprint density at radius 1 is 1.11 bits per heavy atom. The Bertz CT molecular complexity index is 612. The monoisotopic (exact) mass is 331 g/mol. The zero-order valence-electron chi connectivity index (χ0n) is 10.9. The number of rotatable bonds is 3. The van der Waals surface area contributed by atoms with Gasteiger partial charge in [0.15, 0.2) is 0 Å². The molecular weight excluding hydrogens is 318 g/mol. The maximum absolute atomic E-state index is 9.20. The third-order valence-electron chi connectivity index (χ3n) is 2.86. The van der Waals surface area contributed by atoms with Gasteiger partial charge in [0.2, 0.25) is 0 Å². The maximum atomic E-state index is 9.20. The number of hydrogen-bond acceptors (Lipinski definition) is 2. The average Bonchev–Trinajstić information content (AvgIpc) is 2.39. The molecule has 0 saturated heterocycles. The summed E-state index contributed by atoms with van der Waals surface area (Å²) < 4.78 is 0.846. The van der Waals surface area contributed by atoms with Gasteiger partial charge in [0, 0.05) is 14.3 Å². The summed E-state index contributed by atoms with van der Waals surface area (Å²) in [7, 11) is 0. The zero-order chi connectivity index (χ0) is 13.8. The highest BCUT2D eigenvalue weighted by Gasteiger charge is 2.08. The smallest absolute Gasteiger partial charge is 0.102 e. The van der Waals surface area contributed by atoms with Crippen LogP contribution >= 0.6 is 27.7 Å². The van der Waals surface area contributed by atoms with Crippen molar-refractivity contribution in [2.24, 2.45) is 0 Å². The molecular formula is C16H14BrNS. The van der Waals surface area contributed by atoms with Crippen LogP contribution in [0, 0.1) is 11.3 Å². The van der Waals surface area contributed by atoms with Crippen LogP contribution in [-0.4, -0.2) is 0 Å². The molecule has 0 spiro atoms. The van der Waals surface area contributed by atoms with Crippen LogP contribution in [0.25, 0.3) is 0 Å². The van der Waals surface area contributed by atoms with E-state index in [2.05, 4.69) is 60.1 Å². The highest BCUT2D eigenvalue weighted by Crippen LogP contribution is 2.33. The van der Waals surface area contributed by atoms with Gasteiger partial charge in [-0.05, 0) is 51.7 Å². The second-order valence-electron chi connectivity index (χ2n) is 4.55. The van der Waals surface area contributed by atoms with Crippen LogP contribution in [0.3, 0.4) is 0 Å². The fourth-order valence-electron chi connectivity index (χ4n) is 1.75. The molecule has 0 aromatic heterocycles. The van der Waals surface area contributed by atoms with Crippen LogP contribution in [0.1, 0.15) is 30.9 Å². The molecule has 0 fully saturated rings. The van der Waals surface area contributed by atoms with Crippen molar-refractivity contribution in [3.8, 4) is 6.07 Å². The lowest BCUT2D eigenvalue weighted by molar-refractivity contribution is 0.865. The second kappa shape index (κ2) is 6.27. The fraction of sp³-hybridized carbons (Fsp3) is 0.188. The van der Waals surface area contributed by atoms with Gasteiger partial charge in [-0.25, -0.2) is 0 Å². The summed E-state index contributed by atoms with van der Waals surface area (Å²) in [4.78, 5) is 2.13. The Labute approximate surface area is 126 Å². The lowest BCUT2D eigenvalue weighted by Gasteiger charge is -2.08. The predicted octanol–water partition coefficient (Wildman–Crippen LogP) is 5.60. The summed E-state index contributed by atoms with van der Waals surface area (Å²) in [6.45, 7) is 4.37. The third kappa shape index (κ3) is 3.40. The molecule has 0 heterocycles. The van der Waals surface area contributed by atoms with Crippen molar-refractivity contribution < 1.29 is 0 Å². The number of hydrogen-bond donors (Lipinski definition) is 0. The van der Waals surface area contributed by atoms with E-state index >= 15 is 0 Å². The third-order valence-corrected chi connectivity index (χ3v) is 4.59. The van der Waals surface area contributed by atoms with Crippen LogP contribution in [0.5, 0.6) is 0 Å². The maximum Gasteiger partial charge on any atom is 0.102 e. The molecule has 0 bridgehead atoms. The van der Waals surface area contributed by atoms with E-state index in [9.17, 15) is 5.26 Å². The van der Waals surface area contributed by atoms with Gasteiger partial charge < -0.3 is 0 Å². The molecule has 0 saturated carbocycles. The molecule has 0 aliphatic carbocycles. The van der Waals surface area contributed by atoms with Crippen LogP contribution in [0.4, 0.5) is 0 Å². The van der Waals surface area contributed by atoms with E-state index in [0.29, 0.717) is 11.5 Å². The molecule has 2 rings (SSSR count). The van der Waals surface area contributed by atoms with Crippen molar-refractivity contribution in [3.05, 3.63) is 58.1 Å². The quantitative estimate of drug-likeness (QED) is 0.731. The van der Waals surface area contributed by atoms with E-state index in [1.54, 1.807) is 11.8 Å². The normalized spacial score (nSPS) is 10.5. The number of benzene rings is 2. The minimum atomic E-state index is 0.541. The molecule has 2 aromatic carbocycles. The first-order valence-electron chi connectivity index (χ1n) is 6.08. The molecule has 96 valence electrons. The summed E-state index contributed by atoms with van der Waals surface area (Å²) in [6, 6.07) is 16.6. The molecule has 3 heteroatoms. The fourth-order valence-corrected chi connectivity index (χ4v) is 3.26. The van der Waals surface area contributed by atoms with E-state index in [1.165, 1.54) is 5.56 Å². The Hall–Kier alpha value is -1.24. The van der Waals surface area contributed by atoms with Gasteiger partial charge >= 0.3 is 0 Å². The molecule has 0 atom stereocenters. The topological polar surface area (TPSA) is 23.8 Å². The summed E-state index contributed by atoms with van der Waals surface area (Å²) in [6.07, 6.45) is 0. The number of nitrogens with zero attached hydrogens (tertiary/aromatic N) is 1. The lowest BCUT2D eigenvalue weighted by atomic mass is 10.0. The van der Waals surface area contributed by atoms with Crippen molar-refractivity contribution in [1.29, 1.82) is 5.26 Å². The molecule has 19 heavy (non-hydrogen) atoms. The van der Waals surface area contributed by atoms with Crippen molar-refractivity contribution in [2.45, 2.75) is 29.6 Å². The summed E-state index contributed by atoms with van der Waals surface area (Å²) in [5, 5.41) is 9.20. The van der Waals surface area contributed by atoms with Crippen LogP contribution in [-0.2, 0) is 0 Å². The van der Waals surface area contributed by atoms with Crippen LogP contribution in [0.2, 0.25) is 0 Å². The zero-order valence-corrected chi connectivity index (χ0v) is 13.3. The summed E-state index contributed by atoms with van der Waals surface area (Å²) in [5.41, 5.74) is 2.03. The Balaban J connectivity index is 2.27. The van der Waals surface area contributed by atoms with Gasteiger partial charge in [-0.3, -0.25) is 0 Å². The van der Waals surface area contributed by atoms with E-state index < -0.39 is 0 Å². The Morgan fingerprint density at radius 3 is 2.37 bits per heavy atom. The molecule has 0 radical (unpaired) electrons. The predicted molar refractivity (Wildman–Crippen MR) is 83.5 cm³/mol. The van der Waals surface area contributed by atoms with Crippen molar-refractivity contribution in [2.75, 3.05) is 0 Å². The SMILES string of the molecule is CC(C)c1ccc(Sc2cccc(Br)c2C#N)cc1. The first kappa shape index (κ1) is 14.2. The van der Waals surface area contributed by atoms with E-state index in [0.717, 1.165) is 14.3 Å². The van der Waals surface area contributed by atoms with Gasteiger partial charge in [-0.1, -0.05) is 43.8 Å². The molecule has 0 amide bonds. The van der Waals surface area contributed by atoms with Crippen LogP contribution < -0.4 is 0 Å². The minimum absolute atomic E-state index is 0.541. The van der Waals surface area contributed by atoms with Crippen molar-refractivity contribution in [3.63, 3.8) is 0 Å². The Kier molecular flexibility index (Phi) is 4.68. The van der Waals surface area contributed by atoms with Crippen molar-refractivity contribution >= 4 is 27.7 Å². The lowest BCUT2D eigenvalue weighted by Crippen LogP contribution is -1.87. The standard InChI is InChI=1S/C16H14BrNS/c1-11(2)12-6-8-13(9-7-12)19-16-5-3-4-15(17)14(16)10-18/h3-9,11H,1-2H3. The Morgan fingerprint density at radius 2 is 1.79 bits per heavy atom. The molecule has 0 unspecified atom stereocenters. The number of nitriles is 1. The van der Waals surface area contributed by atoms with Gasteiger partial charge in [0.1, 0.15) is 6.07 Å².